The SMILES string of the molecule is CCCCCCCCCCCCCCCCCO[C@H](CO)[C@@H]1OC[C@H](O)[C@@H]1O. The molecule has 28 heavy (non-hydrogen) atoms. The van der Waals surface area contributed by atoms with Crippen molar-refractivity contribution in [1.82, 2.24) is 0 Å². The van der Waals surface area contributed by atoms with Crippen LogP contribution in [0.4, 0.5) is 0 Å². The lowest BCUT2D eigenvalue weighted by Crippen LogP contribution is -2.42. The van der Waals surface area contributed by atoms with Crippen molar-refractivity contribution in [3.63, 3.8) is 0 Å². The van der Waals surface area contributed by atoms with E-state index in [2.05, 4.69) is 6.92 Å². The van der Waals surface area contributed by atoms with Crippen molar-refractivity contribution in [3.05, 3.63) is 0 Å². The highest BCUT2D eigenvalue weighted by molar-refractivity contribution is 4.88. The number of ether oxygens (including phenoxy) is 2. The van der Waals surface area contributed by atoms with E-state index in [1.54, 1.807) is 0 Å². The van der Waals surface area contributed by atoms with Gasteiger partial charge in [-0.15, -0.1) is 0 Å². The monoisotopic (exact) mass is 402 g/mol. The van der Waals surface area contributed by atoms with Crippen LogP contribution in [0.15, 0.2) is 0 Å². The van der Waals surface area contributed by atoms with Crippen LogP contribution in [-0.4, -0.2) is 59.6 Å². The molecule has 5 nitrogen and oxygen atoms in total. The van der Waals surface area contributed by atoms with Gasteiger partial charge >= 0.3 is 0 Å². The maximum atomic E-state index is 9.83. The van der Waals surface area contributed by atoms with E-state index in [-0.39, 0.29) is 13.2 Å². The summed E-state index contributed by atoms with van der Waals surface area (Å²) in [6.07, 6.45) is 16.9. The van der Waals surface area contributed by atoms with Crippen LogP contribution in [0.2, 0.25) is 0 Å². The fourth-order valence-corrected chi connectivity index (χ4v) is 3.91. The fraction of sp³-hybridized carbons (Fsp3) is 1.00. The predicted octanol–water partition coefficient (Wildman–Crippen LogP) is 4.36. The molecule has 0 aromatic heterocycles. The van der Waals surface area contributed by atoms with Crippen LogP contribution in [-0.2, 0) is 9.47 Å². The zero-order chi connectivity index (χ0) is 20.5. The summed E-state index contributed by atoms with van der Waals surface area (Å²) in [4.78, 5) is 0. The molecule has 1 saturated heterocycles. The molecule has 0 amide bonds. The van der Waals surface area contributed by atoms with Gasteiger partial charge in [0.1, 0.15) is 24.4 Å². The molecule has 1 fully saturated rings. The highest BCUT2D eigenvalue weighted by atomic mass is 16.6. The third kappa shape index (κ3) is 11.7. The molecule has 0 unspecified atom stereocenters. The molecule has 168 valence electrons. The van der Waals surface area contributed by atoms with Crippen LogP contribution in [0.3, 0.4) is 0 Å². The lowest BCUT2D eigenvalue weighted by atomic mass is 10.0. The molecule has 0 radical (unpaired) electrons. The van der Waals surface area contributed by atoms with Gasteiger partial charge in [-0.3, -0.25) is 0 Å². The summed E-state index contributed by atoms with van der Waals surface area (Å²) in [5, 5.41) is 28.8. The van der Waals surface area contributed by atoms with Gasteiger partial charge in [0.25, 0.3) is 0 Å². The summed E-state index contributed by atoms with van der Waals surface area (Å²) in [6, 6.07) is 0. The average Bonchev–Trinajstić information content (AvgIpc) is 3.03. The van der Waals surface area contributed by atoms with Crippen LogP contribution in [0, 0.1) is 0 Å². The highest BCUT2D eigenvalue weighted by Gasteiger charge is 2.40. The Hall–Kier alpha value is -0.200. The third-order valence-corrected chi connectivity index (χ3v) is 5.82. The van der Waals surface area contributed by atoms with Gasteiger partial charge < -0.3 is 24.8 Å². The topological polar surface area (TPSA) is 79.2 Å². The van der Waals surface area contributed by atoms with Gasteiger partial charge in [-0.1, -0.05) is 96.8 Å². The van der Waals surface area contributed by atoms with E-state index in [0.717, 1.165) is 12.8 Å². The van der Waals surface area contributed by atoms with Crippen LogP contribution in [0.25, 0.3) is 0 Å². The molecule has 4 atom stereocenters. The maximum absolute atomic E-state index is 9.83. The molecule has 0 aromatic carbocycles. The first-order chi connectivity index (χ1) is 13.7. The van der Waals surface area contributed by atoms with Crippen LogP contribution in [0.1, 0.15) is 103 Å². The molecule has 0 spiro atoms. The normalized spacial score (nSPS) is 23.4. The minimum Gasteiger partial charge on any atom is -0.394 e. The molecular formula is C23H46O5. The Kier molecular flexibility index (Phi) is 16.3. The number of unbranched alkanes of at least 4 members (excludes halogenated alkanes) is 14. The summed E-state index contributed by atoms with van der Waals surface area (Å²) >= 11 is 0. The average molecular weight is 403 g/mol. The van der Waals surface area contributed by atoms with Gasteiger partial charge in [0.2, 0.25) is 0 Å². The Bertz CT molecular complexity index is 339. The summed E-state index contributed by atoms with van der Waals surface area (Å²) in [5.74, 6) is 0. The van der Waals surface area contributed by atoms with E-state index in [1.807, 2.05) is 0 Å². The van der Waals surface area contributed by atoms with Crippen LogP contribution < -0.4 is 0 Å². The first-order valence-electron chi connectivity index (χ1n) is 11.9. The van der Waals surface area contributed by atoms with Crippen molar-refractivity contribution < 1.29 is 24.8 Å². The summed E-state index contributed by atoms with van der Waals surface area (Å²) < 4.78 is 11.0. The number of aliphatic hydroxyl groups is 3. The van der Waals surface area contributed by atoms with Crippen molar-refractivity contribution in [1.29, 1.82) is 0 Å². The molecule has 0 aromatic rings. The maximum Gasteiger partial charge on any atom is 0.114 e. The molecule has 5 heteroatoms. The van der Waals surface area contributed by atoms with E-state index >= 15 is 0 Å². The van der Waals surface area contributed by atoms with Gasteiger partial charge in [0, 0.05) is 6.61 Å². The molecule has 1 aliphatic heterocycles. The van der Waals surface area contributed by atoms with Crippen molar-refractivity contribution in [2.75, 3.05) is 19.8 Å². The first-order valence-corrected chi connectivity index (χ1v) is 11.9. The van der Waals surface area contributed by atoms with Gasteiger partial charge in [-0.25, -0.2) is 0 Å². The van der Waals surface area contributed by atoms with Crippen molar-refractivity contribution in [3.8, 4) is 0 Å². The third-order valence-electron chi connectivity index (χ3n) is 5.82. The molecule has 0 bridgehead atoms. The minimum absolute atomic E-state index is 0.102. The van der Waals surface area contributed by atoms with Gasteiger partial charge in [0.15, 0.2) is 0 Å². The first kappa shape index (κ1) is 25.8. The van der Waals surface area contributed by atoms with Crippen LogP contribution in [0.5, 0.6) is 0 Å². The standard InChI is InChI=1S/C23H46O5/c1-2-3-4-5-6-7-8-9-10-11-12-13-14-15-16-17-27-21(18-24)23-22(26)20(25)19-28-23/h20-26H,2-19H2,1H3/t20-,21+,22-,23-/m0/s1. The number of rotatable bonds is 19. The Morgan fingerprint density at radius 1 is 0.786 bits per heavy atom. The summed E-state index contributed by atoms with van der Waals surface area (Å²) in [5.41, 5.74) is 0. The van der Waals surface area contributed by atoms with E-state index < -0.39 is 24.4 Å². The second-order valence-corrected chi connectivity index (χ2v) is 8.40. The zero-order valence-corrected chi connectivity index (χ0v) is 18.2. The Morgan fingerprint density at radius 3 is 1.64 bits per heavy atom. The van der Waals surface area contributed by atoms with Crippen LogP contribution >= 0.6 is 0 Å². The quantitative estimate of drug-likeness (QED) is 0.280. The van der Waals surface area contributed by atoms with Crippen molar-refractivity contribution >= 4 is 0 Å². The Labute approximate surface area is 172 Å². The zero-order valence-electron chi connectivity index (χ0n) is 18.2. The molecule has 1 heterocycles. The second-order valence-electron chi connectivity index (χ2n) is 8.40. The number of hydrogen-bond acceptors (Lipinski definition) is 5. The lowest BCUT2D eigenvalue weighted by molar-refractivity contribution is -0.101. The van der Waals surface area contributed by atoms with E-state index in [9.17, 15) is 15.3 Å². The van der Waals surface area contributed by atoms with Crippen molar-refractivity contribution in [2.45, 2.75) is 128 Å². The lowest BCUT2D eigenvalue weighted by Gasteiger charge is -2.24. The molecular weight excluding hydrogens is 356 g/mol. The predicted molar refractivity (Wildman–Crippen MR) is 114 cm³/mol. The Balaban J connectivity index is 1.83. The molecule has 1 rings (SSSR count). The molecule has 0 aliphatic carbocycles. The Morgan fingerprint density at radius 2 is 1.25 bits per heavy atom. The molecule has 0 saturated carbocycles. The molecule has 3 N–H and O–H groups in total. The highest BCUT2D eigenvalue weighted by Crippen LogP contribution is 2.20. The number of hydrogen-bond donors (Lipinski definition) is 3. The van der Waals surface area contributed by atoms with E-state index in [1.165, 1.54) is 83.5 Å². The number of aliphatic hydroxyl groups excluding tert-OH is 3. The fourth-order valence-electron chi connectivity index (χ4n) is 3.91. The van der Waals surface area contributed by atoms with E-state index in [0.29, 0.717) is 6.61 Å². The van der Waals surface area contributed by atoms with Crippen molar-refractivity contribution in [2.24, 2.45) is 0 Å². The summed E-state index contributed by atoms with van der Waals surface area (Å²) in [6.45, 7) is 2.73. The van der Waals surface area contributed by atoms with Gasteiger partial charge in [0.05, 0.1) is 13.2 Å². The second kappa shape index (κ2) is 17.6. The van der Waals surface area contributed by atoms with E-state index in [4.69, 9.17) is 9.47 Å². The largest absolute Gasteiger partial charge is 0.394 e. The summed E-state index contributed by atoms with van der Waals surface area (Å²) in [7, 11) is 0. The van der Waals surface area contributed by atoms with Gasteiger partial charge in [-0.05, 0) is 6.42 Å². The smallest absolute Gasteiger partial charge is 0.114 e. The van der Waals surface area contributed by atoms with Gasteiger partial charge in [-0.2, -0.15) is 0 Å². The molecule has 1 aliphatic rings. The minimum atomic E-state index is -0.974.